The van der Waals surface area contributed by atoms with Gasteiger partial charge in [0, 0.05) is 19.9 Å². The molecule has 0 unspecified atom stereocenters. The molecule has 3 aromatic carbocycles. The van der Waals surface area contributed by atoms with Crippen molar-refractivity contribution in [2.45, 2.75) is 39.6 Å². The van der Waals surface area contributed by atoms with Crippen LogP contribution >= 0.6 is 0 Å². The summed E-state index contributed by atoms with van der Waals surface area (Å²) in [6.07, 6.45) is 0.454. The summed E-state index contributed by atoms with van der Waals surface area (Å²) < 4.78 is 17.1. The van der Waals surface area contributed by atoms with E-state index in [1.165, 1.54) is 6.07 Å². The number of aryl methyl sites for hydroxylation is 1. The fourth-order valence-corrected chi connectivity index (χ4v) is 3.61. The summed E-state index contributed by atoms with van der Waals surface area (Å²) >= 11 is 0. The SMILES string of the molecule is Cc1cc(Cc2cc(O)cc3c2C(=O)OC(C)(C)O3)ccc1OCc1ccccc1. The van der Waals surface area contributed by atoms with Gasteiger partial charge in [0.25, 0.3) is 0 Å². The van der Waals surface area contributed by atoms with Gasteiger partial charge in [-0.15, -0.1) is 0 Å². The van der Waals surface area contributed by atoms with Crippen molar-refractivity contribution in [3.05, 3.63) is 88.5 Å². The van der Waals surface area contributed by atoms with Crippen molar-refractivity contribution in [3.8, 4) is 17.2 Å². The van der Waals surface area contributed by atoms with Crippen molar-refractivity contribution in [1.29, 1.82) is 0 Å². The molecule has 0 aliphatic carbocycles. The second kappa shape index (κ2) is 7.75. The van der Waals surface area contributed by atoms with E-state index in [0.29, 0.717) is 29.9 Å². The fourth-order valence-electron chi connectivity index (χ4n) is 3.61. The minimum atomic E-state index is -1.07. The number of benzene rings is 3. The van der Waals surface area contributed by atoms with Crippen LogP contribution in [0.5, 0.6) is 17.2 Å². The zero-order chi connectivity index (χ0) is 21.3. The van der Waals surface area contributed by atoms with Gasteiger partial charge in [-0.1, -0.05) is 42.5 Å². The number of carbonyl (C=O) groups is 1. The summed E-state index contributed by atoms with van der Waals surface area (Å²) in [6, 6.07) is 18.9. The maximum absolute atomic E-state index is 12.6. The van der Waals surface area contributed by atoms with E-state index in [9.17, 15) is 9.90 Å². The van der Waals surface area contributed by atoms with Gasteiger partial charge in [0.05, 0.1) is 0 Å². The Morgan fingerprint density at radius 1 is 0.967 bits per heavy atom. The third-order valence-corrected chi connectivity index (χ3v) is 4.94. The molecule has 1 aliphatic heterocycles. The highest BCUT2D eigenvalue weighted by atomic mass is 16.7. The van der Waals surface area contributed by atoms with Crippen molar-refractivity contribution < 1.29 is 24.1 Å². The molecule has 1 aliphatic rings. The lowest BCUT2D eigenvalue weighted by Gasteiger charge is -2.32. The molecular weight excluding hydrogens is 380 g/mol. The van der Waals surface area contributed by atoms with Gasteiger partial charge in [-0.2, -0.15) is 0 Å². The summed E-state index contributed by atoms with van der Waals surface area (Å²) in [4.78, 5) is 12.6. The van der Waals surface area contributed by atoms with Crippen molar-refractivity contribution in [3.63, 3.8) is 0 Å². The molecule has 3 aromatic rings. The molecule has 0 atom stereocenters. The second-order valence-corrected chi connectivity index (χ2v) is 7.92. The zero-order valence-corrected chi connectivity index (χ0v) is 17.3. The molecule has 0 radical (unpaired) electrons. The second-order valence-electron chi connectivity index (χ2n) is 7.92. The molecule has 1 N–H and O–H groups in total. The van der Waals surface area contributed by atoms with Crippen LogP contribution < -0.4 is 9.47 Å². The molecule has 5 heteroatoms. The van der Waals surface area contributed by atoms with Gasteiger partial charge in [-0.25, -0.2) is 4.79 Å². The summed E-state index contributed by atoms with van der Waals surface area (Å²) in [5.74, 6) is -0.316. The third-order valence-electron chi connectivity index (χ3n) is 4.94. The van der Waals surface area contributed by atoms with Crippen LogP contribution in [0.4, 0.5) is 0 Å². The van der Waals surface area contributed by atoms with E-state index in [0.717, 1.165) is 22.4 Å². The molecular formula is C25H24O5. The lowest BCUT2D eigenvalue weighted by molar-refractivity contribution is -0.127. The average molecular weight is 404 g/mol. The van der Waals surface area contributed by atoms with Crippen molar-refractivity contribution in [2.24, 2.45) is 0 Å². The quantitative estimate of drug-likeness (QED) is 0.596. The lowest BCUT2D eigenvalue weighted by atomic mass is 9.96. The van der Waals surface area contributed by atoms with Crippen molar-refractivity contribution >= 4 is 5.97 Å². The third kappa shape index (κ3) is 4.25. The molecule has 0 fully saturated rings. The molecule has 0 aromatic heterocycles. The Morgan fingerprint density at radius 3 is 2.47 bits per heavy atom. The zero-order valence-electron chi connectivity index (χ0n) is 17.3. The Hall–Kier alpha value is -3.47. The lowest BCUT2D eigenvalue weighted by Crippen LogP contribution is -2.39. The molecule has 0 saturated carbocycles. The van der Waals surface area contributed by atoms with Crippen molar-refractivity contribution in [1.82, 2.24) is 0 Å². The molecule has 0 bridgehead atoms. The minimum Gasteiger partial charge on any atom is -0.508 e. The van der Waals surface area contributed by atoms with E-state index >= 15 is 0 Å². The van der Waals surface area contributed by atoms with Crippen LogP contribution in [0.2, 0.25) is 0 Å². The van der Waals surface area contributed by atoms with E-state index in [4.69, 9.17) is 14.2 Å². The Morgan fingerprint density at radius 2 is 1.73 bits per heavy atom. The highest BCUT2D eigenvalue weighted by molar-refractivity contribution is 5.95. The monoisotopic (exact) mass is 404 g/mol. The number of fused-ring (bicyclic) bond motifs is 1. The predicted molar refractivity (Wildman–Crippen MR) is 113 cm³/mol. The molecule has 154 valence electrons. The van der Waals surface area contributed by atoms with Crippen LogP contribution in [0.1, 0.15) is 46.5 Å². The molecule has 30 heavy (non-hydrogen) atoms. The van der Waals surface area contributed by atoms with Crippen LogP contribution in [-0.2, 0) is 17.8 Å². The van der Waals surface area contributed by atoms with Gasteiger partial charge in [0.1, 0.15) is 29.4 Å². The molecule has 4 rings (SSSR count). The Bertz CT molecular complexity index is 1090. The van der Waals surface area contributed by atoms with Gasteiger partial charge >= 0.3 is 5.97 Å². The number of phenolic OH excluding ortho intramolecular Hbond substituents is 1. The first-order valence-electron chi connectivity index (χ1n) is 9.85. The van der Waals surface area contributed by atoms with Crippen LogP contribution in [0.15, 0.2) is 60.7 Å². The van der Waals surface area contributed by atoms with Gasteiger partial charge in [0.2, 0.25) is 5.79 Å². The highest BCUT2D eigenvalue weighted by Gasteiger charge is 2.36. The molecule has 0 saturated heterocycles. The topological polar surface area (TPSA) is 65.0 Å². The highest BCUT2D eigenvalue weighted by Crippen LogP contribution is 2.37. The smallest absolute Gasteiger partial charge is 0.345 e. The molecule has 0 amide bonds. The number of phenols is 1. The summed E-state index contributed by atoms with van der Waals surface area (Å²) in [6.45, 7) is 5.81. The first-order valence-corrected chi connectivity index (χ1v) is 9.85. The van der Waals surface area contributed by atoms with Crippen molar-refractivity contribution in [2.75, 3.05) is 0 Å². The van der Waals surface area contributed by atoms with Crippen LogP contribution in [0, 0.1) is 6.92 Å². The van der Waals surface area contributed by atoms with E-state index in [-0.39, 0.29) is 5.75 Å². The minimum absolute atomic E-state index is 0.0498. The molecule has 1 heterocycles. The summed E-state index contributed by atoms with van der Waals surface area (Å²) in [5, 5.41) is 10.1. The number of ether oxygens (including phenoxy) is 3. The van der Waals surface area contributed by atoms with E-state index in [2.05, 4.69) is 0 Å². The normalized spacial score (nSPS) is 14.4. The molecule has 5 nitrogen and oxygen atoms in total. The van der Waals surface area contributed by atoms with E-state index < -0.39 is 11.8 Å². The van der Waals surface area contributed by atoms with Crippen LogP contribution in [0.3, 0.4) is 0 Å². The van der Waals surface area contributed by atoms with Gasteiger partial charge in [0.15, 0.2) is 0 Å². The maximum Gasteiger partial charge on any atom is 0.345 e. The number of hydrogen-bond acceptors (Lipinski definition) is 5. The van der Waals surface area contributed by atoms with Crippen LogP contribution in [-0.4, -0.2) is 16.9 Å². The number of rotatable bonds is 5. The Balaban J connectivity index is 1.56. The van der Waals surface area contributed by atoms with E-state index in [1.807, 2.05) is 55.5 Å². The first-order chi connectivity index (χ1) is 14.3. The predicted octanol–water partition coefficient (Wildman–Crippen LogP) is 5.16. The van der Waals surface area contributed by atoms with Gasteiger partial charge < -0.3 is 19.3 Å². The average Bonchev–Trinajstić information content (AvgIpc) is 2.66. The maximum atomic E-state index is 12.6. The molecule has 0 spiro atoms. The van der Waals surface area contributed by atoms with Gasteiger partial charge in [-0.3, -0.25) is 0 Å². The van der Waals surface area contributed by atoms with Crippen LogP contribution in [0.25, 0.3) is 0 Å². The summed E-state index contributed by atoms with van der Waals surface area (Å²) in [7, 11) is 0. The number of esters is 1. The number of hydrogen-bond donors (Lipinski definition) is 1. The standard InChI is InChI=1S/C25H24O5/c1-16-11-18(9-10-21(16)28-15-17-7-5-4-6-8-17)12-19-13-20(26)14-22-23(19)24(27)30-25(2,3)29-22/h4-11,13-14,26H,12,15H2,1-3H3. The number of cyclic esters (lactones) is 1. The Kier molecular flexibility index (Phi) is 5.12. The van der Waals surface area contributed by atoms with Gasteiger partial charge in [-0.05, 0) is 47.7 Å². The summed E-state index contributed by atoms with van der Waals surface area (Å²) in [5.41, 5.74) is 4.10. The first kappa shape index (κ1) is 19.8. The largest absolute Gasteiger partial charge is 0.508 e. The number of carbonyl (C=O) groups excluding carboxylic acids is 1. The van der Waals surface area contributed by atoms with E-state index in [1.54, 1.807) is 19.9 Å². The fraction of sp³-hybridized carbons (Fsp3) is 0.240. The number of aromatic hydroxyl groups is 1. The Labute approximate surface area is 175 Å².